The number of hydrogen-bond acceptors (Lipinski definition) is 2. The summed E-state index contributed by atoms with van der Waals surface area (Å²) in [5.74, 6) is 15.5. The van der Waals surface area contributed by atoms with Gasteiger partial charge in [-0.25, -0.2) is 0 Å². The van der Waals surface area contributed by atoms with Gasteiger partial charge in [-0.3, -0.25) is 0 Å². The van der Waals surface area contributed by atoms with Crippen molar-refractivity contribution in [1.29, 1.82) is 0 Å². The van der Waals surface area contributed by atoms with E-state index in [4.69, 9.17) is 4.42 Å². The van der Waals surface area contributed by atoms with E-state index in [1.165, 1.54) is 78.7 Å². The zero-order valence-corrected chi connectivity index (χ0v) is 49.4. The van der Waals surface area contributed by atoms with Gasteiger partial charge in [0.1, 0.15) is 11.5 Å². The van der Waals surface area contributed by atoms with Gasteiger partial charge in [0, 0.05) is 21.6 Å². The molecular weight excluding hydrogens is 841 g/mol. The van der Waals surface area contributed by atoms with Crippen LogP contribution in [-0.2, 0) is 0 Å². The summed E-state index contributed by atoms with van der Waals surface area (Å²) in [4.78, 5) is 3.02. The summed E-state index contributed by atoms with van der Waals surface area (Å²) in [5.41, 5.74) is 3.58. The average Bonchev–Trinajstić information content (AvgIpc) is 3.90. The van der Waals surface area contributed by atoms with Gasteiger partial charge in [0.25, 0.3) is 0 Å². The van der Waals surface area contributed by atoms with Gasteiger partial charge in [0.2, 0.25) is 0 Å². The molecule has 1 aromatic carbocycles. The van der Waals surface area contributed by atoms with E-state index >= 15 is 0 Å². The Hall–Kier alpha value is -1.80. The molecule has 0 spiro atoms. The molecule has 398 valence electrons. The molecule has 1 nitrogen and oxygen atoms in total. The SMILES string of the molecule is C.C.CC(C)C1(C(C)C)CCC1.CC(C)C1CC(C(C)C)C1.CC(C)C1CCC(C(C)C)CC1.CC(C)c1ccc(C(C)C)cc1.CC(C)c1ccc(C(C)C)o1.CC(C)c1ccc(C(C)C)s1. The Morgan fingerprint density at radius 3 is 0.824 bits per heavy atom. The van der Waals surface area contributed by atoms with Crippen molar-refractivity contribution in [2.75, 3.05) is 0 Å². The van der Waals surface area contributed by atoms with Crippen LogP contribution in [0.4, 0.5) is 0 Å². The summed E-state index contributed by atoms with van der Waals surface area (Å²) in [6, 6.07) is 17.6. The lowest BCUT2D eigenvalue weighted by Crippen LogP contribution is -2.39. The van der Waals surface area contributed by atoms with Crippen molar-refractivity contribution in [3.8, 4) is 0 Å². The van der Waals surface area contributed by atoms with Gasteiger partial charge in [0.05, 0.1) is 0 Å². The van der Waals surface area contributed by atoms with Gasteiger partial charge in [-0.2, -0.15) is 0 Å². The molecule has 0 saturated heterocycles. The van der Waals surface area contributed by atoms with Gasteiger partial charge in [-0.15, -0.1) is 11.3 Å². The van der Waals surface area contributed by atoms with Crippen molar-refractivity contribution in [3.63, 3.8) is 0 Å². The monoisotopic (exact) mass is 963 g/mol. The highest BCUT2D eigenvalue weighted by Crippen LogP contribution is 2.52. The highest BCUT2D eigenvalue weighted by Gasteiger charge is 2.42. The maximum atomic E-state index is 5.61. The van der Waals surface area contributed by atoms with E-state index in [0.29, 0.717) is 35.5 Å². The molecule has 2 heteroatoms. The average molecular weight is 964 g/mol. The first-order valence-corrected chi connectivity index (χ1v) is 28.7. The molecule has 0 bridgehead atoms. The van der Waals surface area contributed by atoms with Gasteiger partial charge in [0.15, 0.2) is 0 Å². The standard InChI is InChI=1S/C12H24.C12H18.C10H16O.C10H16S.2C10H20.2CH4/c2*1-9(2)11-5-7-12(8-6-11)10(3)4;2*1-7(2)9-5-6-10(11-9)8(3)4;1-7(2)9-5-10(6-9)8(3)4;1-8(2)10(9(3)4)6-5-7-10;;/h9-12H,5-8H2,1-4H3;5-10H,1-4H3;2*5-8H,1-4H3;7-10H,5-6H2,1-4H3;8-9H,5-7H2,1-4H3;2*1H4. The highest BCUT2D eigenvalue weighted by atomic mass is 32.1. The van der Waals surface area contributed by atoms with E-state index < -0.39 is 0 Å². The molecule has 6 rings (SSSR count). The molecule has 3 fully saturated rings. The summed E-state index contributed by atoms with van der Waals surface area (Å²) >= 11 is 1.95. The first-order chi connectivity index (χ1) is 30.6. The third kappa shape index (κ3) is 23.6. The van der Waals surface area contributed by atoms with Crippen molar-refractivity contribution in [2.45, 2.75) is 274 Å². The predicted octanol–water partition coefficient (Wildman–Crippen LogP) is 23.6. The van der Waals surface area contributed by atoms with Crippen LogP contribution in [0.3, 0.4) is 0 Å². The Labute approximate surface area is 433 Å². The lowest BCUT2D eigenvalue weighted by molar-refractivity contribution is 0.0135. The molecule has 3 saturated carbocycles. The van der Waals surface area contributed by atoms with Crippen LogP contribution in [0.25, 0.3) is 0 Å². The zero-order chi connectivity index (χ0) is 50.6. The second kappa shape index (κ2) is 33.8. The Bertz CT molecular complexity index is 1460. The molecule has 3 aliphatic carbocycles. The van der Waals surface area contributed by atoms with Gasteiger partial charge < -0.3 is 4.42 Å². The molecule has 0 atom stereocenters. The number of rotatable bonds is 12. The molecule has 0 unspecified atom stereocenters. The van der Waals surface area contributed by atoms with Gasteiger partial charge >= 0.3 is 0 Å². The first kappa shape index (κ1) is 68.3. The number of benzene rings is 1. The van der Waals surface area contributed by atoms with Crippen LogP contribution in [0.15, 0.2) is 52.9 Å². The molecule has 3 aliphatic rings. The van der Waals surface area contributed by atoms with Crippen LogP contribution in [0.1, 0.15) is 307 Å². The lowest BCUT2D eigenvalue weighted by Gasteiger charge is -2.49. The molecule has 0 N–H and O–H groups in total. The minimum Gasteiger partial charge on any atom is -0.466 e. The quantitative estimate of drug-likeness (QED) is 0.176. The number of furan rings is 1. The second-order valence-electron chi connectivity index (χ2n) is 25.1. The Morgan fingerprint density at radius 2 is 0.676 bits per heavy atom. The van der Waals surface area contributed by atoms with Crippen LogP contribution >= 0.6 is 11.3 Å². The van der Waals surface area contributed by atoms with Crippen molar-refractivity contribution in [3.05, 3.63) is 80.9 Å². The third-order valence-electron chi connectivity index (χ3n) is 16.2. The first-order valence-electron chi connectivity index (χ1n) is 27.9. The van der Waals surface area contributed by atoms with Crippen LogP contribution in [0.2, 0.25) is 0 Å². The van der Waals surface area contributed by atoms with E-state index in [0.717, 1.165) is 76.1 Å². The van der Waals surface area contributed by atoms with Crippen LogP contribution in [0.5, 0.6) is 0 Å². The molecule has 0 amide bonds. The second-order valence-corrected chi connectivity index (χ2v) is 26.3. The summed E-state index contributed by atoms with van der Waals surface area (Å²) in [7, 11) is 0. The van der Waals surface area contributed by atoms with E-state index in [9.17, 15) is 0 Å². The maximum Gasteiger partial charge on any atom is 0.106 e. The van der Waals surface area contributed by atoms with Crippen LogP contribution in [-0.4, -0.2) is 0 Å². The maximum absolute atomic E-state index is 5.61. The van der Waals surface area contributed by atoms with E-state index in [1.54, 1.807) is 0 Å². The lowest BCUT2D eigenvalue weighted by atomic mass is 9.56. The fraction of sp³-hybridized carbons (Fsp3) is 0.788. The molecular formula is C66H122OS. The minimum atomic E-state index is 0. The normalized spacial score (nSPS) is 19.5. The van der Waals surface area contributed by atoms with Crippen molar-refractivity contribution >= 4 is 11.3 Å². The Morgan fingerprint density at radius 1 is 0.382 bits per heavy atom. The zero-order valence-electron chi connectivity index (χ0n) is 48.5. The third-order valence-corrected chi connectivity index (χ3v) is 17.9. The minimum absolute atomic E-state index is 0. The highest BCUT2D eigenvalue weighted by molar-refractivity contribution is 7.12. The van der Waals surface area contributed by atoms with Gasteiger partial charge in [-0.05, 0) is 175 Å². The van der Waals surface area contributed by atoms with Gasteiger partial charge in [-0.1, -0.05) is 212 Å². The largest absolute Gasteiger partial charge is 0.466 e. The summed E-state index contributed by atoms with van der Waals surface area (Å²) in [6.07, 6.45) is 13.4. The van der Waals surface area contributed by atoms with E-state index in [-0.39, 0.29) is 14.9 Å². The molecule has 68 heavy (non-hydrogen) atoms. The summed E-state index contributed by atoms with van der Waals surface area (Å²) in [5, 5.41) is 0. The molecule has 2 heterocycles. The van der Waals surface area contributed by atoms with Crippen LogP contribution < -0.4 is 0 Å². The number of hydrogen-bond donors (Lipinski definition) is 0. The molecule has 3 aromatic rings. The van der Waals surface area contributed by atoms with Crippen molar-refractivity contribution in [2.24, 2.45) is 64.6 Å². The fourth-order valence-electron chi connectivity index (χ4n) is 9.93. The Balaban J connectivity index is 0. The number of thiophene rings is 1. The molecule has 0 aliphatic heterocycles. The molecule has 2 aromatic heterocycles. The summed E-state index contributed by atoms with van der Waals surface area (Å²) in [6.45, 7) is 54.8. The van der Waals surface area contributed by atoms with E-state index in [1.807, 2.05) is 11.3 Å². The molecule has 0 radical (unpaired) electrons. The Kier molecular flexibility index (Phi) is 33.9. The summed E-state index contributed by atoms with van der Waals surface area (Å²) < 4.78 is 5.61. The topological polar surface area (TPSA) is 13.1 Å². The van der Waals surface area contributed by atoms with Crippen molar-refractivity contribution < 1.29 is 4.42 Å². The smallest absolute Gasteiger partial charge is 0.106 e. The fourth-order valence-corrected chi connectivity index (χ4v) is 10.9. The predicted molar refractivity (Wildman–Crippen MR) is 314 cm³/mol. The van der Waals surface area contributed by atoms with E-state index in [2.05, 4.69) is 215 Å². The van der Waals surface area contributed by atoms with Crippen molar-refractivity contribution in [1.82, 2.24) is 0 Å². The van der Waals surface area contributed by atoms with Crippen LogP contribution in [0, 0.1) is 64.6 Å².